The van der Waals surface area contributed by atoms with Crippen LogP contribution in [-0.2, 0) is 25.4 Å². The lowest BCUT2D eigenvalue weighted by molar-refractivity contribution is -0.114. The summed E-state index contributed by atoms with van der Waals surface area (Å²) in [6, 6.07) is 5.38. The highest BCUT2D eigenvalue weighted by atomic mass is 32.1. The van der Waals surface area contributed by atoms with Crippen molar-refractivity contribution in [3.63, 3.8) is 0 Å². The maximum Gasteiger partial charge on any atom is 0.348 e. The van der Waals surface area contributed by atoms with Gasteiger partial charge in [0.25, 0.3) is 0 Å². The Bertz CT molecular complexity index is 1130. The Morgan fingerprint density at radius 1 is 1.15 bits per heavy atom. The number of allylic oxidation sites excluding steroid dienone is 1. The molecule has 0 N–H and O–H groups in total. The lowest BCUT2D eigenvalue weighted by Gasteiger charge is -2.26. The van der Waals surface area contributed by atoms with Crippen LogP contribution >= 0.6 is 11.3 Å². The van der Waals surface area contributed by atoms with Crippen LogP contribution in [0.15, 0.2) is 22.1 Å². The fourth-order valence-electron chi connectivity index (χ4n) is 3.49. The van der Waals surface area contributed by atoms with Crippen molar-refractivity contribution in [1.29, 1.82) is 5.26 Å². The molecule has 3 heterocycles. The second kappa shape index (κ2) is 11.6. The van der Waals surface area contributed by atoms with E-state index in [0.29, 0.717) is 48.4 Å². The molecular weight excluding hydrogens is 460 g/mol. The number of anilines is 1. The van der Waals surface area contributed by atoms with E-state index in [1.165, 1.54) is 6.08 Å². The number of nitrogens with zero attached hydrogens (tertiary/aromatic N) is 2. The van der Waals surface area contributed by atoms with Gasteiger partial charge in [-0.25, -0.2) is 9.59 Å². The van der Waals surface area contributed by atoms with Crippen molar-refractivity contribution >= 4 is 41.0 Å². The third-order valence-corrected chi connectivity index (χ3v) is 6.40. The highest BCUT2D eigenvalue weighted by Crippen LogP contribution is 2.31. The SMILES string of the molecule is CCOC(=O)c1sc(CC(=O)/C(C#N)=C/c2ccc(N3CCOCC3)o2)c(C(=O)OCC)c1C. The Balaban J connectivity index is 1.86. The smallest absolute Gasteiger partial charge is 0.348 e. The van der Waals surface area contributed by atoms with Crippen LogP contribution in [0.3, 0.4) is 0 Å². The number of Topliss-reactive ketones (excluding diaryl/α,β-unsaturated/α-hetero) is 1. The predicted molar refractivity (Wildman–Crippen MR) is 125 cm³/mol. The molecular formula is C24H26N2O7S. The van der Waals surface area contributed by atoms with Crippen molar-refractivity contribution in [2.75, 3.05) is 44.4 Å². The molecule has 2 aromatic heterocycles. The Kier molecular flexibility index (Phi) is 8.62. The average Bonchev–Trinajstić information content (AvgIpc) is 3.42. The summed E-state index contributed by atoms with van der Waals surface area (Å²) in [6.45, 7) is 7.87. The molecule has 0 aromatic carbocycles. The van der Waals surface area contributed by atoms with E-state index in [1.54, 1.807) is 32.9 Å². The first kappa shape index (κ1) is 25.2. The first-order chi connectivity index (χ1) is 16.4. The zero-order valence-electron chi connectivity index (χ0n) is 19.3. The number of ketones is 1. The van der Waals surface area contributed by atoms with E-state index >= 15 is 0 Å². The predicted octanol–water partition coefficient (Wildman–Crippen LogP) is 3.56. The van der Waals surface area contributed by atoms with Crippen LogP contribution in [0.1, 0.15) is 50.1 Å². The molecule has 2 aromatic rings. The van der Waals surface area contributed by atoms with Crippen LogP contribution in [0.2, 0.25) is 0 Å². The molecule has 34 heavy (non-hydrogen) atoms. The van der Waals surface area contributed by atoms with Gasteiger partial charge in [-0.05, 0) is 32.4 Å². The minimum absolute atomic E-state index is 0.124. The summed E-state index contributed by atoms with van der Waals surface area (Å²) >= 11 is 0.999. The van der Waals surface area contributed by atoms with E-state index in [9.17, 15) is 19.6 Å². The van der Waals surface area contributed by atoms with Crippen molar-refractivity contribution in [2.24, 2.45) is 0 Å². The van der Waals surface area contributed by atoms with Crippen molar-refractivity contribution < 1.29 is 33.0 Å². The molecule has 1 fully saturated rings. The Hall–Kier alpha value is -3.42. The zero-order chi connectivity index (χ0) is 24.7. The molecule has 0 atom stereocenters. The van der Waals surface area contributed by atoms with Crippen LogP contribution < -0.4 is 4.90 Å². The number of thiophene rings is 1. The molecule has 0 aliphatic carbocycles. The number of esters is 2. The topological polar surface area (TPSA) is 119 Å². The molecule has 0 spiro atoms. The molecule has 3 rings (SSSR count). The van der Waals surface area contributed by atoms with Gasteiger partial charge in [0.2, 0.25) is 0 Å². The molecule has 0 amide bonds. The number of carbonyl (C=O) groups excluding carboxylic acids is 3. The van der Waals surface area contributed by atoms with Gasteiger partial charge in [-0.1, -0.05) is 0 Å². The summed E-state index contributed by atoms with van der Waals surface area (Å²) in [5.41, 5.74) is 0.433. The quantitative estimate of drug-likeness (QED) is 0.298. The van der Waals surface area contributed by atoms with Gasteiger partial charge in [0.05, 0.1) is 37.6 Å². The molecule has 0 saturated carbocycles. The van der Waals surface area contributed by atoms with Gasteiger partial charge in [-0.3, -0.25) is 4.79 Å². The lowest BCUT2D eigenvalue weighted by atomic mass is 10.0. The monoisotopic (exact) mass is 486 g/mol. The summed E-state index contributed by atoms with van der Waals surface area (Å²) in [5.74, 6) is -0.702. The standard InChI is InChI=1S/C24H26N2O7S/c1-4-31-23(28)21-15(3)22(24(29)32-5-2)34-19(21)13-18(27)16(14-25)12-17-6-7-20(33-17)26-8-10-30-11-9-26/h6-7,12H,4-5,8-11,13H2,1-3H3/b16-12+. The van der Waals surface area contributed by atoms with Crippen LogP contribution in [0, 0.1) is 18.3 Å². The van der Waals surface area contributed by atoms with E-state index in [1.807, 2.05) is 11.0 Å². The fraction of sp³-hybridized carbons (Fsp3) is 0.417. The molecule has 0 radical (unpaired) electrons. The molecule has 1 saturated heterocycles. The minimum atomic E-state index is -0.627. The maximum absolute atomic E-state index is 13.0. The second-order valence-corrected chi connectivity index (χ2v) is 8.45. The number of hydrogen-bond acceptors (Lipinski definition) is 10. The van der Waals surface area contributed by atoms with Gasteiger partial charge in [-0.15, -0.1) is 11.3 Å². The van der Waals surface area contributed by atoms with E-state index in [0.717, 1.165) is 11.3 Å². The Morgan fingerprint density at radius 3 is 2.47 bits per heavy atom. The van der Waals surface area contributed by atoms with Crippen molar-refractivity contribution in [3.05, 3.63) is 44.3 Å². The van der Waals surface area contributed by atoms with Gasteiger partial charge in [0, 0.05) is 36.5 Å². The third kappa shape index (κ3) is 5.73. The van der Waals surface area contributed by atoms with E-state index in [4.69, 9.17) is 18.6 Å². The second-order valence-electron chi connectivity index (χ2n) is 7.34. The normalized spacial score (nSPS) is 13.9. The zero-order valence-corrected chi connectivity index (χ0v) is 20.2. The van der Waals surface area contributed by atoms with Crippen LogP contribution in [0.4, 0.5) is 5.88 Å². The largest absolute Gasteiger partial charge is 0.462 e. The number of carbonyl (C=O) groups is 3. The van der Waals surface area contributed by atoms with Gasteiger partial charge in [0.1, 0.15) is 16.7 Å². The summed E-state index contributed by atoms with van der Waals surface area (Å²) in [4.78, 5) is 40.5. The molecule has 1 aliphatic heterocycles. The Morgan fingerprint density at radius 2 is 1.82 bits per heavy atom. The minimum Gasteiger partial charge on any atom is -0.462 e. The number of rotatable bonds is 9. The van der Waals surface area contributed by atoms with Crippen LogP contribution in [0.5, 0.6) is 0 Å². The number of hydrogen-bond donors (Lipinski definition) is 0. The molecule has 0 bridgehead atoms. The Labute approximate surface area is 201 Å². The van der Waals surface area contributed by atoms with E-state index in [-0.39, 0.29) is 35.6 Å². The van der Waals surface area contributed by atoms with Gasteiger partial charge in [0.15, 0.2) is 11.7 Å². The van der Waals surface area contributed by atoms with Crippen molar-refractivity contribution in [2.45, 2.75) is 27.2 Å². The lowest BCUT2D eigenvalue weighted by Crippen LogP contribution is -2.35. The molecule has 9 nitrogen and oxygen atoms in total. The van der Waals surface area contributed by atoms with Gasteiger partial charge >= 0.3 is 11.9 Å². The van der Waals surface area contributed by atoms with E-state index in [2.05, 4.69) is 0 Å². The van der Waals surface area contributed by atoms with Gasteiger partial charge in [-0.2, -0.15) is 5.26 Å². The highest BCUT2D eigenvalue weighted by molar-refractivity contribution is 7.14. The van der Waals surface area contributed by atoms with Crippen molar-refractivity contribution in [1.82, 2.24) is 0 Å². The molecule has 1 aliphatic rings. The van der Waals surface area contributed by atoms with Crippen LogP contribution in [0.25, 0.3) is 6.08 Å². The maximum atomic E-state index is 13.0. The summed E-state index contributed by atoms with van der Waals surface area (Å²) < 4.78 is 21.3. The van der Waals surface area contributed by atoms with Crippen LogP contribution in [-0.4, -0.2) is 57.2 Å². The number of nitriles is 1. The molecule has 10 heteroatoms. The molecule has 180 valence electrons. The number of morpholine rings is 1. The van der Waals surface area contributed by atoms with E-state index < -0.39 is 17.7 Å². The van der Waals surface area contributed by atoms with Gasteiger partial charge < -0.3 is 23.5 Å². The number of ether oxygens (including phenoxy) is 3. The summed E-state index contributed by atoms with van der Waals surface area (Å²) in [6.07, 6.45) is 1.14. The summed E-state index contributed by atoms with van der Waals surface area (Å²) in [5, 5.41) is 9.60. The molecule has 0 unspecified atom stereocenters. The first-order valence-electron chi connectivity index (χ1n) is 10.9. The summed E-state index contributed by atoms with van der Waals surface area (Å²) in [7, 11) is 0. The number of furan rings is 1. The fourth-order valence-corrected chi connectivity index (χ4v) is 4.68. The highest BCUT2D eigenvalue weighted by Gasteiger charge is 2.28. The third-order valence-electron chi connectivity index (χ3n) is 5.12. The van der Waals surface area contributed by atoms with Crippen molar-refractivity contribution in [3.8, 4) is 6.07 Å². The average molecular weight is 487 g/mol. The first-order valence-corrected chi connectivity index (χ1v) is 11.7.